The molecule has 0 aliphatic heterocycles. The molecule has 0 radical (unpaired) electrons. The standard InChI is InChI=1S/C24H20FN5O/c1-13-18-5-3-4-6-19(18)28-23(26-13)30-24-27-14(2)22-20(29-24)11-16(12-21(22)31)15-7-9-17(25)10-8-15/h3-10,16H,11-12H2,1-2H3,(H,26,27,28,29,30). The summed E-state index contributed by atoms with van der Waals surface area (Å²) in [5, 5.41) is 4.09. The molecule has 1 N–H and O–H groups in total. The summed E-state index contributed by atoms with van der Waals surface area (Å²) in [6.07, 6.45) is 0.949. The van der Waals surface area contributed by atoms with Crippen molar-refractivity contribution in [2.24, 2.45) is 0 Å². The molecule has 154 valence electrons. The van der Waals surface area contributed by atoms with E-state index in [2.05, 4.69) is 25.3 Å². The first kappa shape index (κ1) is 19.2. The van der Waals surface area contributed by atoms with Crippen LogP contribution in [0, 0.1) is 19.7 Å². The molecule has 2 aromatic carbocycles. The molecule has 0 amide bonds. The summed E-state index contributed by atoms with van der Waals surface area (Å²) in [5.41, 5.74) is 4.53. The van der Waals surface area contributed by atoms with E-state index in [1.165, 1.54) is 12.1 Å². The minimum Gasteiger partial charge on any atom is -0.294 e. The number of ketones is 1. The predicted octanol–water partition coefficient (Wildman–Crippen LogP) is 4.83. The monoisotopic (exact) mass is 413 g/mol. The molecule has 0 fully saturated rings. The third kappa shape index (κ3) is 3.63. The van der Waals surface area contributed by atoms with E-state index in [0.29, 0.717) is 41.7 Å². The van der Waals surface area contributed by atoms with Gasteiger partial charge >= 0.3 is 0 Å². The molecule has 2 heterocycles. The maximum Gasteiger partial charge on any atom is 0.230 e. The van der Waals surface area contributed by atoms with Crippen LogP contribution in [0.2, 0.25) is 0 Å². The Morgan fingerprint density at radius 3 is 2.39 bits per heavy atom. The van der Waals surface area contributed by atoms with E-state index in [4.69, 9.17) is 0 Å². The smallest absolute Gasteiger partial charge is 0.230 e. The van der Waals surface area contributed by atoms with Crippen molar-refractivity contribution in [3.05, 3.63) is 82.6 Å². The molecule has 2 aromatic heterocycles. The molecule has 1 aliphatic carbocycles. The van der Waals surface area contributed by atoms with Crippen LogP contribution in [0.25, 0.3) is 10.9 Å². The molecule has 0 bridgehead atoms. The maximum atomic E-state index is 13.3. The number of nitrogens with zero attached hydrogens (tertiary/aromatic N) is 4. The van der Waals surface area contributed by atoms with Crippen LogP contribution in [0.1, 0.15) is 45.3 Å². The maximum absolute atomic E-state index is 13.3. The van der Waals surface area contributed by atoms with E-state index in [-0.39, 0.29) is 17.5 Å². The number of Topliss-reactive ketones (excluding diaryl/α,β-unsaturated/α-hetero) is 1. The zero-order valence-electron chi connectivity index (χ0n) is 17.2. The average molecular weight is 413 g/mol. The van der Waals surface area contributed by atoms with Crippen LogP contribution in [0.4, 0.5) is 16.3 Å². The number of benzene rings is 2. The second-order valence-corrected chi connectivity index (χ2v) is 7.81. The Labute approximate surface area is 178 Å². The summed E-state index contributed by atoms with van der Waals surface area (Å²) in [5.74, 6) is 0.451. The quantitative estimate of drug-likeness (QED) is 0.518. The lowest BCUT2D eigenvalue weighted by Gasteiger charge is -2.24. The highest BCUT2D eigenvalue weighted by Crippen LogP contribution is 2.33. The Bertz CT molecular complexity index is 1320. The molecule has 1 unspecified atom stereocenters. The van der Waals surface area contributed by atoms with Crippen LogP contribution in [0.15, 0.2) is 48.5 Å². The van der Waals surface area contributed by atoms with E-state index in [0.717, 1.165) is 22.2 Å². The zero-order chi connectivity index (χ0) is 21.5. The van der Waals surface area contributed by atoms with Gasteiger partial charge in [-0.3, -0.25) is 10.1 Å². The van der Waals surface area contributed by atoms with Gasteiger partial charge in [0.1, 0.15) is 5.82 Å². The number of para-hydroxylation sites is 1. The largest absolute Gasteiger partial charge is 0.294 e. The van der Waals surface area contributed by atoms with E-state index in [1.54, 1.807) is 12.1 Å². The second-order valence-electron chi connectivity index (χ2n) is 7.81. The number of nitrogens with one attached hydrogen (secondary N) is 1. The fourth-order valence-corrected chi connectivity index (χ4v) is 4.19. The Morgan fingerprint density at radius 2 is 1.58 bits per heavy atom. The van der Waals surface area contributed by atoms with Crippen molar-refractivity contribution in [3.8, 4) is 0 Å². The van der Waals surface area contributed by atoms with Gasteiger partial charge in [0.05, 0.1) is 28.2 Å². The second kappa shape index (κ2) is 7.50. The fraction of sp³-hybridized carbons (Fsp3) is 0.208. The lowest BCUT2D eigenvalue weighted by molar-refractivity contribution is 0.0962. The van der Waals surface area contributed by atoms with Gasteiger partial charge in [0.15, 0.2) is 5.78 Å². The van der Waals surface area contributed by atoms with Crippen LogP contribution in [0.3, 0.4) is 0 Å². The summed E-state index contributed by atoms with van der Waals surface area (Å²) in [7, 11) is 0. The van der Waals surface area contributed by atoms with Crippen LogP contribution >= 0.6 is 0 Å². The normalized spacial score (nSPS) is 15.7. The molecule has 4 aromatic rings. The Morgan fingerprint density at radius 1 is 0.871 bits per heavy atom. The third-order valence-corrected chi connectivity index (χ3v) is 5.67. The first-order valence-corrected chi connectivity index (χ1v) is 10.1. The van der Waals surface area contributed by atoms with Crippen molar-refractivity contribution in [2.75, 3.05) is 5.32 Å². The molecule has 1 aliphatic rings. The number of fused-ring (bicyclic) bond motifs is 2. The van der Waals surface area contributed by atoms with Crippen LogP contribution in [-0.2, 0) is 6.42 Å². The average Bonchev–Trinajstić information content (AvgIpc) is 2.73. The van der Waals surface area contributed by atoms with Crippen LogP contribution < -0.4 is 5.32 Å². The van der Waals surface area contributed by atoms with Gasteiger partial charge in [0, 0.05) is 11.8 Å². The number of halogens is 1. The summed E-state index contributed by atoms with van der Waals surface area (Å²) in [4.78, 5) is 31.0. The topological polar surface area (TPSA) is 80.7 Å². The number of carbonyl (C=O) groups excluding carboxylic acids is 1. The lowest BCUT2D eigenvalue weighted by atomic mass is 9.81. The van der Waals surface area contributed by atoms with E-state index in [9.17, 15) is 9.18 Å². The van der Waals surface area contributed by atoms with Gasteiger partial charge in [-0.15, -0.1) is 0 Å². The first-order valence-electron chi connectivity index (χ1n) is 10.1. The number of carbonyl (C=O) groups is 1. The van der Waals surface area contributed by atoms with Gasteiger partial charge in [-0.1, -0.05) is 30.3 Å². The van der Waals surface area contributed by atoms with E-state index < -0.39 is 0 Å². The van der Waals surface area contributed by atoms with Crippen molar-refractivity contribution < 1.29 is 9.18 Å². The number of rotatable bonds is 3. The van der Waals surface area contributed by atoms with Crippen molar-refractivity contribution in [3.63, 3.8) is 0 Å². The highest BCUT2D eigenvalue weighted by molar-refractivity contribution is 5.99. The molecular weight excluding hydrogens is 393 g/mol. The number of aryl methyl sites for hydroxylation is 2. The van der Waals surface area contributed by atoms with Crippen molar-refractivity contribution in [1.29, 1.82) is 0 Å². The molecular formula is C24H20FN5O. The van der Waals surface area contributed by atoms with Gasteiger partial charge < -0.3 is 0 Å². The Hall–Kier alpha value is -3.74. The van der Waals surface area contributed by atoms with Gasteiger partial charge in [-0.05, 0) is 49.9 Å². The van der Waals surface area contributed by atoms with Crippen molar-refractivity contribution >= 4 is 28.6 Å². The molecule has 0 saturated carbocycles. The van der Waals surface area contributed by atoms with Crippen molar-refractivity contribution in [1.82, 2.24) is 19.9 Å². The minimum absolute atomic E-state index is 0.0115. The SMILES string of the molecule is Cc1nc(Nc2nc(C)c3ccccc3n2)nc2c1C(=O)CC(c1ccc(F)cc1)C2. The molecule has 0 spiro atoms. The predicted molar refractivity (Wildman–Crippen MR) is 116 cm³/mol. The highest BCUT2D eigenvalue weighted by Gasteiger charge is 2.30. The summed E-state index contributed by atoms with van der Waals surface area (Å²) < 4.78 is 13.3. The zero-order valence-corrected chi connectivity index (χ0v) is 17.2. The number of hydrogen-bond acceptors (Lipinski definition) is 6. The fourth-order valence-electron chi connectivity index (χ4n) is 4.19. The summed E-state index contributed by atoms with van der Waals surface area (Å²) in [6, 6.07) is 14.1. The van der Waals surface area contributed by atoms with E-state index in [1.807, 2.05) is 38.1 Å². The highest BCUT2D eigenvalue weighted by atomic mass is 19.1. The first-order chi connectivity index (χ1) is 15.0. The van der Waals surface area contributed by atoms with Gasteiger partial charge in [-0.25, -0.2) is 24.3 Å². The number of anilines is 2. The number of hydrogen-bond donors (Lipinski definition) is 1. The molecule has 31 heavy (non-hydrogen) atoms. The Balaban J connectivity index is 1.49. The van der Waals surface area contributed by atoms with Gasteiger partial charge in [0.2, 0.25) is 11.9 Å². The van der Waals surface area contributed by atoms with Crippen molar-refractivity contribution in [2.45, 2.75) is 32.6 Å². The summed E-state index contributed by atoms with van der Waals surface area (Å²) >= 11 is 0. The van der Waals surface area contributed by atoms with Crippen LogP contribution in [0.5, 0.6) is 0 Å². The summed E-state index contributed by atoms with van der Waals surface area (Å²) in [6.45, 7) is 3.74. The molecule has 0 saturated heterocycles. The molecule has 6 nitrogen and oxygen atoms in total. The van der Waals surface area contributed by atoms with E-state index >= 15 is 0 Å². The van der Waals surface area contributed by atoms with Crippen LogP contribution in [-0.4, -0.2) is 25.7 Å². The Kier molecular flexibility index (Phi) is 4.66. The minimum atomic E-state index is -0.290. The van der Waals surface area contributed by atoms with Gasteiger partial charge in [-0.2, -0.15) is 0 Å². The van der Waals surface area contributed by atoms with Gasteiger partial charge in [0.25, 0.3) is 0 Å². The third-order valence-electron chi connectivity index (χ3n) is 5.67. The molecule has 5 rings (SSSR count). The number of aromatic nitrogens is 4. The lowest BCUT2D eigenvalue weighted by Crippen LogP contribution is -2.23. The molecule has 7 heteroatoms. The molecule has 1 atom stereocenters.